The minimum Gasteiger partial charge on any atom is -0.390 e. The van der Waals surface area contributed by atoms with Crippen LogP contribution < -0.4 is 0 Å². The highest BCUT2D eigenvalue weighted by Gasteiger charge is 2.23. The smallest absolute Gasteiger partial charge is 0.390 e. The monoisotopic (exact) mass is 432 g/mol. The molecule has 0 rings (SSSR count). The van der Waals surface area contributed by atoms with Gasteiger partial charge in [0.1, 0.15) is 0 Å². The van der Waals surface area contributed by atoms with Gasteiger partial charge in [0.15, 0.2) is 0 Å². The maximum Gasteiger partial charge on any atom is 0.472 e. The molecule has 3 atom stereocenters. The Morgan fingerprint density at radius 3 is 2.20 bits per heavy atom. The zero-order valence-electron chi connectivity index (χ0n) is 7.68. The number of aliphatic hydroxyl groups excluding tert-OH is 1. The molecular weight excluding hydrogens is 423 g/mol. The second kappa shape index (κ2) is 8.58. The number of halogens is 3. The summed E-state index contributed by atoms with van der Waals surface area (Å²) in [5, 5.41) is 9.94. The van der Waals surface area contributed by atoms with Crippen LogP contribution in [-0.2, 0) is 13.6 Å². The van der Waals surface area contributed by atoms with E-state index in [0.29, 0.717) is 5.33 Å². The first-order valence-electron chi connectivity index (χ1n) is 3.97. The van der Waals surface area contributed by atoms with Crippen molar-refractivity contribution in [2.24, 2.45) is 0 Å². The van der Waals surface area contributed by atoms with Crippen LogP contribution in [0.1, 0.15) is 0 Å². The third-order valence-corrected chi connectivity index (χ3v) is 5.13. The van der Waals surface area contributed by atoms with Crippen LogP contribution in [0, 0.1) is 0 Å². The Morgan fingerprint density at radius 1 is 1.20 bits per heavy atom. The Kier molecular flexibility index (Phi) is 9.44. The van der Waals surface area contributed by atoms with Crippen molar-refractivity contribution in [1.29, 1.82) is 0 Å². The van der Waals surface area contributed by atoms with Gasteiger partial charge in [-0.25, -0.2) is 4.57 Å². The maximum absolute atomic E-state index is 11.2. The molecule has 92 valence electrons. The number of hydrogen-bond donors (Lipinski definition) is 2. The van der Waals surface area contributed by atoms with Gasteiger partial charge in [-0.3, -0.25) is 9.05 Å². The van der Waals surface area contributed by atoms with Crippen molar-refractivity contribution in [3.63, 3.8) is 0 Å². The molecule has 0 bridgehead atoms. The third kappa shape index (κ3) is 9.23. The zero-order chi connectivity index (χ0) is 11.9. The van der Waals surface area contributed by atoms with Gasteiger partial charge in [-0.2, -0.15) is 0 Å². The molecule has 0 spiro atoms. The fraction of sp³-hybridized carbons (Fsp3) is 1.00. The predicted molar refractivity (Wildman–Crippen MR) is 68.0 cm³/mol. The first-order valence-corrected chi connectivity index (χ1v) is 8.62. The van der Waals surface area contributed by atoms with E-state index in [-0.39, 0.29) is 23.4 Å². The molecular formula is C6H12Br3O5P. The van der Waals surface area contributed by atoms with Gasteiger partial charge in [-0.1, -0.05) is 47.8 Å². The van der Waals surface area contributed by atoms with E-state index in [9.17, 15) is 4.57 Å². The summed E-state index contributed by atoms with van der Waals surface area (Å²) >= 11 is 9.38. The molecule has 3 unspecified atom stereocenters. The minimum absolute atomic E-state index is 0.0451. The van der Waals surface area contributed by atoms with Crippen molar-refractivity contribution in [3.8, 4) is 0 Å². The molecule has 0 aliphatic carbocycles. The van der Waals surface area contributed by atoms with E-state index in [1.54, 1.807) is 0 Å². The van der Waals surface area contributed by atoms with E-state index in [0.717, 1.165) is 0 Å². The number of rotatable bonds is 8. The molecule has 9 heteroatoms. The number of phosphoric ester groups is 1. The summed E-state index contributed by atoms with van der Waals surface area (Å²) in [5.41, 5.74) is 0. The van der Waals surface area contributed by atoms with Crippen LogP contribution in [0.4, 0.5) is 0 Å². The molecule has 0 saturated carbocycles. The van der Waals surface area contributed by atoms with Crippen LogP contribution in [0.5, 0.6) is 0 Å². The molecule has 0 aliphatic heterocycles. The summed E-state index contributed by atoms with van der Waals surface area (Å²) in [6, 6.07) is 0. The van der Waals surface area contributed by atoms with Crippen molar-refractivity contribution in [2.45, 2.75) is 10.9 Å². The first-order chi connectivity index (χ1) is 6.91. The predicted octanol–water partition coefficient (Wildman–Crippen LogP) is 2.03. The molecule has 0 aromatic carbocycles. The molecule has 0 saturated heterocycles. The molecule has 5 nitrogen and oxygen atoms in total. The number of hydrogen-bond acceptors (Lipinski definition) is 4. The van der Waals surface area contributed by atoms with E-state index in [2.05, 4.69) is 56.8 Å². The molecule has 2 N–H and O–H groups in total. The van der Waals surface area contributed by atoms with Crippen LogP contribution in [0.25, 0.3) is 0 Å². The normalized spacial score (nSPS) is 19.5. The van der Waals surface area contributed by atoms with Crippen molar-refractivity contribution in [3.05, 3.63) is 0 Å². The van der Waals surface area contributed by atoms with Crippen LogP contribution in [0.2, 0.25) is 0 Å². The Hall–Kier alpha value is 1.51. The van der Waals surface area contributed by atoms with Gasteiger partial charge in [0.25, 0.3) is 0 Å². The summed E-state index contributed by atoms with van der Waals surface area (Å²) in [6.07, 6.45) is -0.829. The van der Waals surface area contributed by atoms with Crippen LogP contribution >= 0.6 is 55.6 Å². The van der Waals surface area contributed by atoms with Crippen molar-refractivity contribution in [2.75, 3.05) is 23.9 Å². The molecule has 15 heavy (non-hydrogen) atoms. The molecule has 0 fully saturated rings. The fourth-order valence-electron chi connectivity index (χ4n) is 0.482. The van der Waals surface area contributed by atoms with Gasteiger partial charge >= 0.3 is 7.82 Å². The molecule has 0 radical (unpaired) electrons. The summed E-state index contributed by atoms with van der Waals surface area (Å²) in [7, 11) is -4.06. The van der Waals surface area contributed by atoms with E-state index in [1.165, 1.54) is 0 Å². The highest BCUT2D eigenvalue weighted by atomic mass is 79.9. The van der Waals surface area contributed by atoms with Crippen LogP contribution in [-0.4, -0.2) is 44.8 Å². The van der Waals surface area contributed by atoms with Gasteiger partial charge in [0.05, 0.1) is 19.3 Å². The Bertz CT molecular complexity index is 199. The van der Waals surface area contributed by atoms with Crippen LogP contribution in [0.15, 0.2) is 0 Å². The molecule has 0 heterocycles. The Morgan fingerprint density at radius 2 is 1.73 bits per heavy atom. The molecule has 0 aliphatic rings. The third-order valence-electron chi connectivity index (χ3n) is 1.19. The highest BCUT2D eigenvalue weighted by Crippen LogP contribution is 2.43. The number of alkyl halides is 3. The quantitative estimate of drug-likeness (QED) is 0.451. The summed E-state index contributed by atoms with van der Waals surface area (Å²) in [4.78, 5) is 9.08. The van der Waals surface area contributed by atoms with Gasteiger partial charge in [0, 0.05) is 15.5 Å². The van der Waals surface area contributed by atoms with Crippen molar-refractivity contribution in [1.82, 2.24) is 0 Å². The van der Waals surface area contributed by atoms with Gasteiger partial charge in [-0.05, 0) is 0 Å². The van der Waals surface area contributed by atoms with Gasteiger partial charge < -0.3 is 10.00 Å². The van der Waals surface area contributed by atoms with Crippen LogP contribution in [0.3, 0.4) is 0 Å². The second-order valence-corrected chi connectivity index (χ2v) is 6.66. The topological polar surface area (TPSA) is 76.0 Å². The van der Waals surface area contributed by atoms with E-state index >= 15 is 0 Å². The lowest BCUT2D eigenvalue weighted by Crippen LogP contribution is -2.17. The van der Waals surface area contributed by atoms with Crippen molar-refractivity contribution >= 4 is 55.6 Å². The standard InChI is InChI=1S/C6H12Br3O5P/c7-1-5(9)3-13-15(11,12)14-4-6(10)2-8/h5-6,10H,1-4H2,(H,11,12). The average Bonchev–Trinajstić information content (AvgIpc) is 2.22. The van der Waals surface area contributed by atoms with E-state index in [1.807, 2.05) is 0 Å². The second-order valence-electron chi connectivity index (χ2n) is 2.62. The zero-order valence-corrected chi connectivity index (χ0v) is 13.3. The lowest BCUT2D eigenvalue weighted by Gasteiger charge is -2.15. The highest BCUT2D eigenvalue weighted by molar-refractivity contribution is 9.12. The fourth-order valence-corrected chi connectivity index (χ4v) is 2.00. The molecule has 0 aromatic rings. The number of phosphoric acid groups is 1. The molecule has 0 amide bonds. The summed E-state index contributed by atoms with van der Waals surface area (Å²) in [5.74, 6) is 0. The van der Waals surface area contributed by atoms with Gasteiger partial charge in [0.2, 0.25) is 0 Å². The lowest BCUT2D eigenvalue weighted by atomic mass is 10.5. The SMILES string of the molecule is O=P(O)(OCC(O)CBr)OCC(Br)CBr. The maximum atomic E-state index is 11.2. The minimum atomic E-state index is -4.06. The number of aliphatic hydroxyl groups is 1. The average molecular weight is 435 g/mol. The van der Waals surface area contributed by atoms with E-state index in [4.69, 9.17) is 10.00 Å². The van der Waals surface area contributed by atoms with E-state index < -0.39 is 13.9 Å². The largest absolute Gasteiger partial charge is 0.472 e. The first kappa shape index (κ1) is 16.5. The summed E-state index contributed by atoms with van der Waals surface area (Å²) in [6.45, 7) is -0.205. The summed E-state index contributed by atoms with van der Waals surface area (Å²) < 4.78 is 20.4. The Labute approximate surface area is 114 Å². The molecule has 0 aromatic heterocycles. The van der Waals surface area contributed by atoms with Crippen molar-refractivity contribution < 1.29 is 23.6 Å². The Balaban J connectivity index is 3.81. The van der Waals surface area contributed by atoms with Gasteiger partial charge in [-0.15, -0.1) is 0 Å². The lowest BCUT2D eigenvalue weighted by molar-refractivity contribution is 0.0866.